The molecular weight excluding hydrogens is 250 g/mol. The van der Waals surface area contributed by atoms with Crippen molar-refractivity contribution >= 4 is 5.97 Å². The normalized spacial score (nSPS) is 15.0. The molecule has 0 saturated heterocycles. The zero-order valence-corrected chi connectivity index (χ0v) is 12.2. The van der Waals surface area contributed by atoms with Gasteiger partial charge in [-0.25, -0.2) is 0 Å². The van der Waals surface area contributed by atoms with Crippen molar-refractivity contribution in [1.82, 2.24) is 4.90 Å². The predicted octanol–water partition coefficient (Wildman–Crippen LogP) is 3.47. The molecule has 0 atom stereocenters. The number of aliphatic carboxylic acids is 1. The van der Waals surface area contributed by atoms with Gasteiger partial charge in [-0.3, -0.25) is 9.69 Å². The Labute approximate surface area is 121 Å². The molecule has 0 fully saturated rings. The van der Waals surface area contributed by atoms with Crippen molar-refractivity contribution in [1.29, 1.82) is 0 Å². The molecule has 0 spiro atoms. The molecule has 1 heterocycles. The summed E-state index contributed by atoms with van der Waals surface area (Å²) in [6.07, 6.45) is 6.99. The van der Waals surface area contributed by atoms with Crippen LogP contribution in [0.25, 0.3) is 0 Å². The van der Waals surface area contributed by atoms with Crippen molar-refractivity contribution in [2.45, 2.75) is 51.5 Å². The summed E-state index contributed by atoms with van der Waals surface area (Å²) in [5.74, 6) is -0.669. The molecule has 0 aromatic heterocycles. The Morgan fingerprint density at radius 3 is 2.55 bits per heavy atom. The summed E-state index contributed by atoms with van der Waals surface area (Å²) in [7, 11) is 0. The fraction of sp³-hybridized carbons (Fsp3) is 0.588. The van der Waals surface area contributed by atoms with Gasteiger partial charge in [0.15, 0.2) is 0 Å². The summed E-state index contributed by atoms with van der Waals surface area (Å²) in [4.78, 5) is 12.9. The van der Waals surface area contributed by atoms with E-state index in [2.05, 4.69) is 29.2 Å². The molecule has 3 nitrogen and oxygen atoms in total. The van der Waals surface area contributed by atoms with E-state index in [1.165, 1.54) is 43.5 Å². The smallest absolute Gasteiger partial charge is 0.303 e. The van der Waals surface area contributed by atoms with E-state index >= 15 is 0 Å². The summed E-state index contributed by atoms with van der Waals surface area (Å²) < 4.78 is 0. The van der Waals surface area contributed by atoms with Crippen molar-refractivity contribution in [3.05, 3.63) is 35.4 Å². The quantitative estimate of drug-likeness (QED) is 0.739. The Morgan fingerprint density at radius 2 is 1.75 bits per heavy atom. The lowest BCUT2D eigenvalue weighted by Gasteiger charge is -2.28. The number of carboxylic acids is 1. The van der Waals surface area contributed by atoms with Gasteiger partial charge in [0.05, 0.1) is 0 Å². The molecule has 20 heavy (non-hydrogen) atoms. The standard InChI is InChI=1S/C17H25NO2/c19-17(20)10-4-2-1-3-7-12-18-13-11-15-8-5-6-9-16(15)14-18/h5-6,8-9H,1-4,7,10-14H2,(H,19,20). The second kappa shape index (κ2) is 8.05. The summed E-state index contributed by atoms with van der Waals surface area (Å²) in [6, 6.07) is 8.75. The van der Waals surface area contributed by atoms with E-state index in [1.807, 2.05) is 0 Å². The van der Waals surface area contributed by atoms with Crippen LogP contribution in [0.3, 0.4) is 0 Å². The van der Waals surface area contributed by atoms with Gasteiger partial charge in [-0.05, 0) is 36.9 Å². The number of hydrogen-bond acceptors (Lipinski definition) is 2. The van der Waals surface area contributed by atoms with Crippen LogP contribution in [0.2, 0.25) is 0 Å². The summed E-state index contributed by atoms with van der Waals surface area (Å²) in [6.45, 7) is 3.44. The minimum absolute atomic E-state index is 0.322. The minimum Gasteiger partial charge on any atom is -0.481 e. The number of rotatable bonds is 8. The van der Waals surface area contributed by atoms with Gasteiger partial charge >= 0.3 is 5.97 Å². The maximum atomic E-state index is 10.4. The van der Waals surface area contributed by atoms with Gasteiger partial charge in [-0.15, -0.1) is 0 Å². The molecule has 1 aromatic carbocycles. The van der Waals surface area contributed by atoms with Gasteiger partial charge in [-0.2, -0.15) is 0 Å². The molecule has 2 rings (SSSR count). The molecule has 0 radical (unpaired) electrons. The van der Waals surface area contributed by atoms with Gasteiger partial charge in [0.1, 0.15) is 0 Å². The predicted molar refractivity (Wildman–Crippen MR) is 80.8 cm³/mol. The number of unbranched alkanes of at least 4 members (excludes halogenated alkanes) is 4. The molecule has 1 aromatic rings. The van der Waals surface area contributed by atoms with Gasteiger partial charge < -0.3 is 5.11 Å². The molecule has 0 unspecified atom stereocenters. The van der Waals surface area contributed by atoms with E-state index < -0.39 is 5.97 Å². The van der Waals surface area contributed by atoms with Crippen molar-refractivity contribution in [3.63, 3.8) is 0 Å². The van der Waals surface area contributed by atoms with Crippen LogP contribution in [0.1, 0.15) is 49.7 Å². The first-order chi connectivity index (χ1) is 9.75. The maximum absolute atomic E-state index is 10.4. The number of hydrogen-bond donors (Lipinski definition) is 1. The average molecular weight is 275 g/mol. The largest absolute Gasteiger partial charge is 0.481 e. The molecule has 0 bridgehead atoms. The number of carbonyl (C=O) groups is 1. The second-order valence-corrected chi connectivity index (χ2v) is 5.71. The van der Waals surface area contributed by atoms with Crippen LogP contribution >= 0.6 is 0 Å². The van der Waals surface area contributed by atoms with Crippen LogP contribution < -0.4 is 0 Å². The first-order valence-electron chi connectivity index (χ1n) is 7.76. The van der Waals surface area contributed by atoms with Crippen LogP contribution in [-0.2, 0) is 17.8 Å². The molecule has 1 aliphatic heterocycles. The Hall–Kier alpha value is -1.35. The molecule has 0 amide bonds. The molecule has 0 aliphatic carbocycles. The third kappa shape index (κ3) is 4.97. The number of nitrogens with zero attached hydrogens (tertiary/aromatic N) is 1. The van der Waals surface area contributed by atoms with Crippen molar-refractivity contribution in [2.24, 2.45) is 0 Å². The van der Waals surface area contributed by atoms with E-state index in [0.717, 1.165) is 25.8 Å². The minimum atomic E-state index is -0.669. The maximum Gasteiger partial charge on any atom is 0.303 e. The Kier molecular flexibility index (Phi) is 6.06. The summed E-state index contributed by atoms with van der Waals surface area (Å²) in [5, 5.41) is 8.56. The number of benzene rings is 1. The van der Waals surface area contributed by atoms with Crippen LogP contribution in [0, 0.1) is 0 Å². The van der Waals surface area contributed by atoms with Gasteiger partial charge in [0.2, 0.25) is 0 Å². The van der Waals surface area contributed by atoms with Crippen molar-refractivity contribution < 1.29 is 9.90 Å². The van der Waals surface area contributed by atoms with E-state index in [-0.39, 0.29) is 0 Å². The highest BCUT2D eigenvalue weighted by Crippen LogP contribution is 2.19. The summed E-state index contributed by atoms with van der Waals surface area (Å²) >= 11 is 0. The van der Waals surface area contributed by atoms with Crippen molar-refractivity contribution in [2.75, 3.05) is 13.1 Å². The fourth-order valence-electron chi connectivity index (χ4n) is 2.89. The third-order valence-corrected chi connectivity index (χ3v) is 4.07. The van der Waals surface area contributed by atoms with E-state index in [9.17, 15) is 4.79 Å². The van der Waals surface area contributed by atoms with Gasteiger partial charge in [-0.1, -0.05) is 43.5 Å². The Balaban J connectivity index is 1.56. The first kappa shape index (κ1) is 15.0. The lowest BCUT2D eigenvalue weighted by molar-refractivity contribution is -0.137. The molecule has 1 N–H and O–H groups in total. The Bertz CT molecular complexity index is 431. The van der Waals surface area contributed by atoms with E-state index in [0.29, 0.717) is 6.42 Å². The van der Waals surface area contributed by atoms with Crippen LogP contribution in [-0.4, -0.2) is 29.1 Å². The van der Waals surface area contributed by atoms with E-state index in [1.54, 1.807) is 0 Å². The average Bonchev–Trinajstić information content (AvgIpc) is 2.46. The van der Waals surface area contributed by atoms with Crippen LogP contribution in [0.5, 0.6) is 0 Å². The number of carboxylic acid groups (broad SMARTS) is 1. The number of fused-ring (bicyclic) bond motifs is 1. The van der Waals surface area contributed by atoms with Crippen molar-refractivity contribution in [3.8, 4) is 0 Å². The van der Waals surface area contributed by atoms with Crippen LogP contribution in [0.4, 0.5) is 0 Å². The topological polar surface area (TPSA) is 40.5 Å². The SMILES string of the molecule is O=C(O)CCCCCCCN1CCc2ccccc2C1. The molecule has 110 valence electrons. The van der Waals surface area contributed by atoms with Gasteiger partial charge in [0.25, 0.3) is 0 Å². The molecular formula is C17H25NO2. The van der Waals surface area contributed by atoms with Gasteiger partial charge in [0, 0.05) is 19.5 Å². The highest BCUT2D eigenvalue weighted by Gasteiger charge is 2.14. The Morgan fingerprint density at radius 1 is 1.05 bits per heavy atom. The highest BCUT2D eigenvalue weighted by molar-refractivity contribution is 5.66. The third-order valence-electron chi connectivity index (χ3n) is 4.07. The zero-order valence-electron chi connectivity index (χ0n) is 12.2. The lowest BCUT2D eigenvalue weighted by atomic mass is 9.99. The fourth-order valence-corrected chi connectivity index (χ4v) is 2.89. The van der Waals surface area contributed by atoms with Crippen LogP contribution in [0.15, 0.2) is 24.3 Å². The monoisotopic (exact) mass is 275 g/mol. The molecule has 0 saturated carbocycles. The summed E-state index contributed by atoms with van der Waals surface area (Å²) in [5.41, 5.74) is 3.00. The first-order valence-corrected chi connectivity index (χ1v) is 7.76. The zero-order chi connectivity index (χ0) is 14.2. The van der Waals surface area contributed by atoms with E-state index in [4.69, 9.17) is 5.11 Å². The molecule has 3 heteroatoms. The highest BCUT2D eigenvalue weighted by atomic mass is 16.4. The lowest BCUT2D eigenvalue weighted by Crippen LogP contribution is -2.31. The molecule has 1 aliphatic rings. The second-order valence-electron chi connectivity index (χ2n) is 5.71.